The minimum absolute atomic E-state index is 0.137. The molecule has 0 radical (unpaired) electrons. The molecule has 6 heteroatoms. The standard InChI is InChI=1S/C14H13Br2NO2S/c1-3-19-11-5-4-9(6-8(11)2)17-14(18)10-7-12(15)20-13(10)16/h4-7H,3H2,1-2H3,(H,17,18). The van der Waals surface area contributed by atoms with Crippen molar-refractivity contribution in [2.45, 2.75) is 13.8 Å². The van der Waals surface area contributed by atoms with Crippen molar-refractivity contribution in [3.8, 4) is 5.75 Å². The van der Waals surface area contributed by atoms with Gasteiger partial charge in [0.05, 0.1) is 19.7 Å². The third-order valence-electron chi connectivity index (χ3n) is 2.63. The molecule has 0 bridgehead atoms. The molecule has 1 aromatic heterocycles. The summed E-state index contributed by atoms with van der Waals surface area (Å²) < 4.78 is 7.20. The molecular formula is C14H13Br2NO2S. The fraction of sp³-hybridized carbons (Fsp3) is 0.214. The first-order valence-electron chi connectivity index (χ1n) is 6.01. The van der Waals surface area contributed by atoms with Crippen LogP contribution in [0.5, 0.6) is 5.75 Å². The van der Waals surface area contributed by atoms with Crippen molar-refractivity contribution in [1.82, 2.24) is 0 Å². The molecule has 106 valence electrons. The van der Waals surface area contributed by atoms with Crippen LogP contribution in [0.15, 0.2) is 31.8 Å². The highest BCUT2D eigenvalue weighted by Crippen LogP contribution is 2.32. The molecule has 0 atom stereocenters. The monoisotopic (exact) mass is 417 g/mol. The lowest BCUT2D eigenvalue weighted by molar-refractivity contribution is 0.102. The number of anilines is 1. The first-order chi connectivity index (χ1) is 9.51. The van der Waals surface area contributed by atoms with Crippen LogP contribution in [-0.4, -0.2) is 12.5 Å². The van der Waals surface area contributed by atoms with Gasteiger partial charge in [0.15, 0.2) is 0 Å². The summed E-state index contributed by atoms with van der Waals surface area (Å²) in [4.78, 5) is 12.2. The Kier molecular flexibility index (Phi) is 5.23. The summed E-state index contributed by atoms with van der Waals surface area (Å²) in [6.45, 7) is 4.53. The van der Waals surface area contributed by atoms with E-state index in [1.54, 1.807) is 6.07 Å². The van der Waals surface area contributed by atoms with Crippen LogP contribution in [0, 0.1) is 6.92 Å². The summed E-state index contributed by atoms with van der Waals surface area (Å²) in [6, 6.07) is 7.40. The van der Waals surface area contributed by atoms with Crippen LogP contribution in [-0.2, 0) is 0 Å². The average molecular weight is 419 g/mol. The molecule has 2 aromatic rings. The van der Waals surface area contributed by atoms with Crippen LogP contribution >= 0.6 is 43.2 Å². The van der Waals surface area contributed by atoms with Gasteiger partial charge in [0.2, 0.25) is 0 Å². The molecule has 1 heterocycles. The summed E-state index contributed by atoms with van der Waals surface area (Å²) in [6.07, 6.45) is 0. The first-order valence-corrected chi connectivity index (χ1v) is 8.41. The van der Waals surface area contributed by atoms with Gasteiger partial charge in [0, 0.05) is 5.69 Å². The molecule has 0 aliphatic carbocycles. The topological polar surface area (TPSA) is 38.3 Å². The third-order valence-corrected chi connectivity index (χ3v) is 4.97. The van der Waals surface area contributed by atoms with E-state index in [9.17, 15) is 4.79 Å². The second-order valence-electron chi connectivity index (χ2n) is 4.11. The van der Waals surface area contributed by atoms with Crippen molar-refractivity contribution >= 4 is 54.8 Å². The van der Waals surface area contributed by atoms with Crippen molar-refractivity contribution < 1.29 is 9.53 Å². The third kappa shape index (κ3) is 3.62. The summed E-state index contributed by atoms with van der Waals surface area (Å²) in [5, 5.41) is 2.88. The maximum Gasteiger partial charge on any atom is 0.257 e. The molecule has 0 fully saturated rings. The lowest BCUT2D eigenvalue weighted by Crippen LogP contribution is -2.11. The number of amides is 1. The summed E-state index contributed by atoms with van der Waals surface area (Å²) in [5.74, 6) is 0.701. The Bertz CT molecular complexity index is 640. The zero-order valence-electron chi connectivity index (χ0n) is 11.0. The molecule has 0 aliphatic rings. The molecule has 3 nitrogen and oxygen atoms in total. The van der Waals surface area contributed by atoms with Crippen molar-refractivity contribution in [1.29, 1.82) is 0 Å². The van der Waals surface area contributed by atoms with E-state index in [0.717, 1.165) is 24.6 Å². The van der Waals surface area contributed by atoms with E-state index in [1.165, 1.54) is 11.3 Å². The van der Waals surface area contributed by atoms with Crippen LogP contribution < -0.4 is 10.1 Å². The molecule has 1 amide bonds. The molecule has 2 rings (SSSR count). The Hall–Kier alpha value is -0.850. The maximum atomic E-state index is 12.2. The van der Waals surface area contributed by atoms with E-state index in [0.29, 0.717) is 12.2 Å². The molecule has 1 aromatic carbocycles. The predicted molar refractivity (Wildman–Crippen MR) is 90.0 cm³/mol. The van der Waals surface area contributed by atoms with E-state index in [4.69, 9.17) is 4.74 Å². The van der Waals surface area contributed by atoms with Gasteiger partial charge in [0.25, 0.3) is 5.91 Å². The van der Waals surface area contributed by atoms with Crippen molar-refractivity contribution in [2.75, 3.05) is 11.9 Å². The van der Waals surface area contributed by atoms with E-state index >= 15 is 0 Å². The summed E-state index contributed by atoms with van der Waals surface area (Å²) in [7, 11) is 0. The minimum atomic E-state index is -0.137. The number of nitrogens with one attached hydrogen (secondary N) is 1. The van der Waals surface area contributed by atoms with E-state index < -0.39 is 0 Å². The number of thiophene rings is 1. The number of carbonyl (C=O) groups excluding carboxylic acids is 1. The second kappa shape index (κ2) is 6.74. The van der Waals surface area contributed by atoms with E-state index in [2.05, 4.69) is 37.2 Å². The van der Waals surface area contributed by atoms with Gasteiger partial charge in [-0.1, -0.05) is 0 Å². The van der Waals surface area contributed by atoms with Crippen molar-refractivity contribution in [2.24, 2.45) is 0 Å². The molecule has 0 saturated heterocycles. The Morgan fingerprint density at radius 1 is 1.35 bits per heavy atom. The van der Waals surface area contributed by atoms with Gasteiger partial charge in [-0.2, -0.15) is 0 Å². The number of ether oxygens (including phenoxy) is 1. The average Bonchev–Trinajstić information content (AvgIpc) is 2.72. The highest BCUT2D eigenvalue weighted by molar-refractivity contribution is 9.12. The highest BCUT2D eigenvalue weighted by Gasteiger charge is 2.14. The molecule has 0 unspecified atom stereocenters. The Balaban J connectivity index is 2.16. The maximum absolute atomic E-state index is 12.2. The smallest absolute Gasteiger partial charge is 0.257 e. The highest BCUT2D eigenvalue weighted by atomic mass is 79.9. The molecular weight excluding hydrogens is 406 g/mol. The van der Waals surface area contributed by atoms with Crippen LogP contribution in [0.2, 0.25) is 0 Å². The van der Waals surface area contributed by atoms with Gasteiger partial charge in [-0.05, 0) is 75.5 Å². The number of benzene rings is 1. The predicted octanol–water partition coefficient (Wildman–Crippen LogP) is 5.23. The van der Waals surface area contributed by atoms with Crippen LogP contribution in [0.3, 0.4) is 0 Å². The fourth-order valence-corrected chi connectivity index (χ4v) is 4.53. The molecule has 20 heavy (non-hydrogen) atoms. The number of rotatable bonds is 4. The quantitative estimate of drug-likeness (QED) is 0.737. The Labute approximate surface area is 138 Å². The number of hydrogen-bond acceptors (Lipinski definition) is 3. The minimum Gasteiger partial charge on any atom is -0.494 e. The zero-order valence-corrected chi connectivity index (χ0v) is 15.0. The lowest BCUT2D eigenvalue weighted by Gasteiger charge is -2.10. The van der Waals surface area contributed by atoms with Gasteiger partial charge >= 0.3 is 0 Å². The lowest BCUT2D eigenvalue weighted by atomic mass is 10.2. The fourth-order valence-electron chi connectivity index (χ4n) is 1.74. The van der Waals surface area contributed by atoms with Crippen LogP contribution in [0.4, 0.5) is 5.69 Å². The van der Waals surface area contributed by atoms with Crippen LogP contribution in [0.25, 0.3) is 0 Å². The summed E-state index contributed by atoms with van der Waals surface area (Å²) in [5.41, 5.74) is 2.37. The number of halogens is 2. The van der Waals surface area contributed by atoms with E-state index in [1.807, 2.05) is 32.0 Å². The van der Waals surface area contributed by atoms with E-state index in [-0.39, 0.29) is 5.91 Å². The van der Waals surface area contributed by atoms with Gasteiger partial charge in [-0.3, -0.25) is 4.79 Å². The van der Waals surface area contributed by atoms with Crippen molar-refractivity contribution in [3.63, 3.8) is 0 Å². The summed E-state index contributed by atoms with van der Waals surface area (Å²) >= 11 is 8.23. The normalized spacial score (nSPS) is 10.4. The number of hydrogen-bond donors (Lipinski definition) is 1. The van der Waals surface area contributed by atoms with Crippen molar-refractivity contribution in [3.05, 3.63) is 43.0 Å². The largest absolute Gasteiger partial charge is 0.494 e. The number of aryl methyl sites for hydroxylation is 1. The van der Waals surface area contributed by atoms with Gasteiger partial charge < -0.3 is 10.1 Å². The van der Waals surface area contributed by atoms with Crippen LogP contribution in [0.1, 0.15) is 22.8 Å². The van der Waals surface area contributed by atoms with Gasteiger partial charge in [-0.15, -0.1) is 11.3 Å². The molecule has 1 N–H and O–H groups in total. The number of carbonyl (C=O) groups is 1. The SMILES string of the molecule is CCOc1ccc(NC(=O)c2cc(Br)sc2Br)cc1C. The zero-order chi connectivity index (χ0) is 14.7. The first kappa shape index (κ1) is 15.5. The molecule has 0 spiro atoms. The Morgan fingerprint density at radius 3 is 2.65 bits per heavy atom. The van der Waals surface area contributed by atoms with Gasteiger partial charge in [-0.25, -0.2) is 0 Å². The second-order valence-corrected chi connectivity index (χ2v) is 7.85. The van der Waals surface area contributed by atoms with Gasteiger partial charge in [0.1, 0.15) is 5.75 Å². The Morgan fingerprint density at radius 2 is 2.10 bits per heavy atom. The molecule has 0 aliphatic heterocycles. The molecule has 0 saturated carbocycles.